The molecule has 0 aliphatic rings. The highest BCUT2D eigenvalue weighted by Crippen LogP contribution is 2.20. The number of carbonyl (C=O) groups excluding carboxylic acids is 2. The minimum Gasteiger partial charge on any atom is -0.355 e. The summed E-state index contributed by atoms with van der Waals surface area (Å²) < 4.78 is 0. The topological polar surface area (TPSA) is 61.4 Å². The van der Waals surface area contributed by atoms with E-state index >= 15 is 0 Å². The van der Waals surface area contributed by atoms with Crippen molar-refractivity contribution < 1.29 is 9.59 Å². The van der Waals surface area contributed by atoms with Crippen molar-refractivity contribution in [3.63, 3.8) is 0 Å². The van der Waals surface area contributed by atoms with Gasteiger partial charge in [-0.1, -0.05) is 23.7 Å². The molecule has 0 unspecified atom stereocenters. The maximum absolute atomic E-state index is 12.5. The Morgan fingerprint density at radius 3 is 2.21 bits per heavy atom. The van der Waals surface area contributed by atoms with E-state index in [9.17, 15) is 9.59 Å². The van der Waals surface area contributed by atoms with Gasteiger partial charge in [-0.15, -0.1) is 0 Å². The quantitative estimate of drug-likeness (QED) is 0.748. The fraction of sp³-hybridized carbons (Fsp3) is 0.364. The summed E-state index contributed by atoms with van der Waals surface area (Å²) in [7, 11) is 5.62. The maximum Gasteiger partial charge on any atom is 0.252 e. The molecule has 2 rings (SSSR count). The van der Waals surface area contributed by atoms with Gasteiger partial charge in [0.05, 0.1) is 10.6 Å². The Morgan fingerprint density at radius 2 is 1.68 bits per heavy atom. The summed E-state index contributed by atoms with van der Waals surface area (Å²) in [4.78, 5) is 26.5. The SMILES string of the molecule is CNC(=O)c1cc(C)c(C[C@@H](CNC(=O)c2ccccc2Cl)N(C)C)c(C)c1. The van der Waals surface area contributed by atoms with E-state index in [1.165, 1.54) is 5.56 Å². The molecule has 150 valence electrons. The van der Waals surface area contributed by atoms with Crippen molar-refractivity contribution in [2.24, 2.45) is 0 Å². The smallest absolute Gasteiger partial charge is 0.252 e. The van der Waals surface area contributed by atoms with Crippen molar-refractivity contribution in [2.45, 2.75) is 26.3 Å². The maximum atomic E-state index is 12.5. The fourth-order valence-corrected chi connectivity index (χ4v) is 3.44. The van der Waals surface area contributed by atoms with Crippen LogP contribution in [0, 0.1) is 13.8 Å². The zero-order chi connectivity index (χ0) is 20.8. The van der Waals surface area contributed by atoms with Crippen LogP contribution in [0.1, 0.15) is 37.4 Å². The molecule has 0 aliphatic heterocycles. The number of rotatable bonds is 7. The Labute approximate surface area is 172 Å². The molecule has 0 saturated heterocycles. The van der Waals surface area contributed by atoms with Crippen LogP contribution in [0.4, 0.5) is 0 Å². The van der Waals surface area contributed by atoms with Crippen LogP contribution in [-0.4, -0.2) is 50.4 Å². The Kier molecular flexibility index (Phi) is 7.61. The molecule has 28 heavy (non-hydrogen) atoms. The average molecular weight is 402 g/mol. The first-order valence-electron chi connectivity index (χ1n) is 9.26. The van der Waals surface area contributed by atoms with E-state index in [1.807, 2.05) is 40.1 Å². The fourth-order valence-electron chi connectivity index (χ4n) is 3.21. The molecule has 2 aromatic rings. The largest absolute Gasteiger partial charge is 0.355 e. The van der Waals surface area contributed by atoms with E-state index < -0.39 is 0 Å². The van der Waals surface area contributed by atoms with E-state index in [-0.39, 0.29) is 17.9 Å². The van der Waals surface area contributed by atoms with Gasteiger partial charge in [0, 0.05) is 25.2 Å². The van der Waals surface area contributed by atoms with Gasteiger partial charge in [0.2, 0.25) is 0 Å². The van der Waals surface area contributed by atoms with E-state index in [0.717, 1.165) is 17.5 Å². The van der Waals surface area contributed by atoms with Crippen LogP contribution in [0.5, 0.6) is 0 Å². The van der Waals surface area contributed by atoms with Crippen LogP contribution in [0.2, 0.25) is 5.02 Å². The van der Waals surface area contributed by atoms with Gasteiger partial charge in [-0.05, 0) is 75.3 Å². The van der Waals surface area contributed by atoms with Gasteiger partial charge in [-0.2, -0.15) is 0 Å². The van der Waals surface area contributed by atoms with Gasteiger partial charge in [-0.25, -0.2) is 0 Å². The van der Waals surface area contributed by atoms with Crippen LogP contribution in [0.15, 0.2) is 36.4 Å². The summed E-state index contributed by atoms with van der Waals surface area (Å²) in [5.74, 6) is -0.269. The monoisotopic (exact) mass is 401 g/mol. The standard InChI is InChI=1S/C22H28ClN3O2/c1-14-10-16(21(27)24-3)11-15(2)19(14)12-17(26(4)5)13-25-22(28)18-8-6-7-9-20(18)23/h6-11,17H,12-13H2,1-5H3,(H,24,27)(H,25,28)/t17-/m0/s1. The lowest BCUT2D eigenvalue weighted by Crippen LogP contribution is -2.42. The number of aryl methyl sites for hydroxylation is 2. The molecule has 0 saturated carbocycles. The van der Waals surface area contributed by atoms with Crippen molar-refractivity contribution in [1.82, 2.24) is 15.5 Å². The zero-order valence-electron chi connectivity index (χ0n) is 17.1. The summed E-state index contributed by atoms with van der Waals surface area (Å²) in [6.45, 7) is 4.53. The van der Waals surface area contributed by atoms with E-state index in [0.29, 0.717) is 22.7 Å². The molecule has 0 aliphatic carbocycles. The summed E-state index contributed by atoms with van der Waals surface area (Å²) in [5.41, 5.74) is 4.47. The molecule has 2 amide bonds. The number of nitrogens with zero attached hydrogens (tertiary/aromatic N) is 1. The lowest BCUT2D eigenvalue weighted by Gasteiger charge is -2.26. The molecule has 1 atom stereocenters. The summed E-state index contributed by atoms with van der Waals surface area (Å²) in [5, 5.41) is 6.09. The number of halogens is 1. The Bertz CT molecular complexity index is 842. The molecule has 0 fully saturated rings. The second-order valence-electron chi connectivity index (χ2n) is 7.18. The normalized spacial score (nSPS) is 12.0. The third-order valence-electron chi connectivity index (χ3n) is 4.97. The van der Waals surface area contributed by atoms with E-state index in [1.54, 1.807) is 31.3 Å². The van der Waals surface area contributed by atoms with Gasteiger partial charge in [0.25, 0.3) is 11.8 Å². The van der Waals surface area contributed by atoms with Crippen LogP contribution >= 0.6 is 11.6 Å². The molecule has 0 aromatic heterocycles. The van der Waals surface area contributed by atoms with E-state index in [4.69, 9.17) is 11.6 Å². The first-order chi connectivity index (χ1) is 13.2. The lowest BCUT2D eigenvalue weighted by molar-refractivity contribution is 0.0938. The second-order valence-corrected chi connectivity index (χ2v) is 7.59. The molecule has 0 radical (unpaired) electrons. The molecule has 2 aromatic carbocycles. The first-order valence-corrected chi connectivity index (χ1v) is 9.63. The van der Waals surface area contributed by atoms with Gasteiger partial charge in [0.1, 0.15) is 0 Å². The highest BCUT2D eigenvalue weighted by molar-refractivity contribution is 6.33. The molecule has 0 heterocycles. The van der Waals surface area contributed by atoms with E-state index in [2.05, 4.69) is 15.5 Å². The Balaban J connectivity index is 2.14. The zero-order valence-corrected chi connectivity index (χ0v) is 17.9. The number of hydrogen-bond acceptors (Lipinski definition) is 3. The molecule has 2 N–H and O–H groups in total. The first kappa shape index (κ1) is 21.9. The van der Waals surface area contributed by atoms with Crippen LogP contribution in [0.25, 0.3) is 0 Å². The van der Waals surface area contributed by atoms with Gasteiger partial charge in [-0.3, -0.25) is 9.59 Å². The third kappa shape index (κ3) is 5.33. The van der Waals surface area contributed by atoms with Crippen LogP contribution in [0.3, 0.4) is 0 Å². The predicted octanol–water partition coefficient (Wildman–Crippen LogP) is 3.22. The molecule has 0 spiro atoms. The van der Waals surface area contributed by atoms with Crippen molar-refractivity contribution >= 4 is 23.4 Å². The molecule has 6 heteroatoms. The number of hydrogen-bond donors (Lipinski definition) is 2. The van der Waals surface area contributed by atoms with Gasteiger partial charge >= 0.3 is 0 Å². The molecular formula is C22H28ClN3O2. The summed E-state index contributed by atoms with van der Waals surface area (Å²) in [6.07, 6.45) is 0.765. The number of amides is 2. The summed E-state index contributed by atoms with van der Waals surface area (Å²) in [6, 6.07) is 11.0. The lowest BCUT2D eigenvalue weighted by atomic mass is 9.93. The number of likely N-dealkylation sites (N-methyl/N-ethyl adjacent to an activating group) is 1. The number of carbonyl (C=O) groups is 2. The summed E-state index contributed by atoms with van der Waals surface area (Å²) >= 11 is 6.12. The number of benzene rings is 2. The number of nitrogens with one attached hydrogen (secondary N) is 2. The Hall–Kier alpha value is -2.37. The molecule has 5 nitrogen and oxygen atoms in total. The van der Waals surface area contributed by atoms with Crippen molar-refractivity contribution in [3.05, 3.63) is 69.2 Å². The van der Waals surface area contributed by atoms with Crippen LogP contribution in [-0.2, 0) is 6.42 Å². The second kappa shape index (κ2) is 9.71. The highest BCUT2D eigenvalue weighted by atomic mass is 35.5. The van der Waals surface area contributed by atoms with Gasteiger partial charge < -0.3 is 15.5 Å². The predicted molar refractivity (Wildman–Crippen MR) is 114 cm³/mol. The average Bonchev–Trinajstić information content (AvgIpc) is 2.65. The van der Waals surface area contributed by atoms with Crippen molar-refractivity contribution in [2.75, 3.05) is 27.7 Å². The minimum absolute atomic E-state index is 0.0890. The van der Waals surface area contributed by atoms with Gasteiger partial charge in [0.15, 0.2) is 0 Å². The van der Waals surface area contributed by atoms with Crippen molar-refractivity contribution in [1.29, 1.82) is 0 Å². The third-order valence-corrected chi connectivity index (χ3v) is 5.30. The van der Waals surface area contributed by atoms with Crippen molar-refractivity contribution in [3.8, 4) is 0 Å². The minimum atomic E-state index is -0.180. The Morgan fingerprint density at radius 1 is 1.07 bits per heavy atom. The molecule has 0 bridgehead atoms. The molecular weight excluding hydrogens is 374 g/mol. The van der Waals surface area contributed by atoms with Crippen LogP contribution < -0.4 is 10.6 Å². The highest BCUT2D eigenvalue weighted by Gasteiger charge is 2.18.